The third-order valence-electron chi connectivity index (χ3n) is 3.18. The number of aliphatic carboxylic acids is 1. The maximum Gasteiger partial charge on any atom is 0.321 e. The highest BCUT2D eigenvalue weighted by molar-refractivity contribution is 6.30. The second-order valence-corrected chi connectivity index (χ2v) is 4.87. The van der Waals surface area contributed by atoms with Gasteiger partial charge in [0.1, 0.15) is 6.04 Å². The van der Waals surface area contributed by atoms with E-state index in [1.807, 2.05) is 23.1 Å². The SMILES string of the molecule is O=C(O)[C@@H](Cc1cccc(Cl)c1)N1CCCC1. The second-order valence-electron chi connectivity index (χ2n) is 4.43. The lowest BCUT2D eigenvalue weighted by molar-refractivity contribution is -0.142. The number of rotatable bonds is 4. The number of benzene rings is 1. The highest BCUT2D eigenvalue weighted by Crippen LogP contribution is 2.18. The van der Waals surface area contributed by atoms with Crippen LogP contribution in [-0.2, 0) is 11.2 Å². The van der Waals surface area contributed by atoms with Gasteiger partial charge in [0.15, 0.2) is 0 Å². The Morgan fingerprint density at radius 2 is 2.12 bits per heavy atom. The van der Waals surface area contributed by atoms with Gasteiger partial charge < -0.3 is 5.11 Å². The van der Waals surface area contributed by atoms with Gasteiger partial charge in [-0.1, -0.05) is 23.7 Å². The quantitative estimate of drug-likeness (QED) is 0.896. The van der Waals surface area contributed by atoms with Crippen LogP contribution in [0.2, 0.25) is 5.02 Å². The predicted molar refractivity (Wildman–Crippen MR) is 67.4 cm³/mol. The average molecular weight is 254 g/mol. The van der Waals surface area contributed by atoms with E-state index in [9.17, 15) is 9.90 Å². The minimum atomic E-state index is -0.744. The maximum absolute atomic E-state index is 11.3. The molecule has 4 heteroatoms. The highest BCUT2D eigenvalue weighted by Gasteiger charge is 2.27. The third kappa shape index (κ3) is 3.20. The molecule has 1 fully saturated rings. The first-order valence-corrected chi connectivity index (χ1v) is 6.26. The Labute approximate surface area is 106 Å². The fourth-order valence-electron chi connectivity index (χ4n) is 2.31. The van der Waals surface area contributed by atoms with E-state index < -0.39 is 12.0 Å². The molecular formula is C13H16ClNO2. The van der Waals surface area contributed by atoms with Crippen LogP contribution in [0.1, 0.15) is 18.4 Å². The van der Waals surface area contributed by atoms with E-state index in [1.165, 1.54) is 0 Å². The summed E-state index contributed by atoms with van der Waals surface area (Å²) in [6.07, 6.45) is 2.72. The number of hydrogen-bond donors (Lipinski definition) is 1. The van der Waals surface area contributed by atoms with Gasteiger partial charge in [-0.25, -0.2) is 0 Å². The fraction of sp³-hybridized carbons (Fsp3) is 0.462. The summed E-state index contributed by atoms with van der Waals surface area (Å²) in [6, 6.07) is 7.01. The van der Waals surface area contributed by atoms with Gasteiger partial charge in [0.05, 0.1) is 0 Å². The minimum absolute atomic E-state index is 0.420. The first kappa shape index (κ1) is 12.4. The molecule has 1 aliphatic heterocycles. The molecule has 0 amide bonds. The molecule has 1 atom stereocenters. The Kier molecular flexibility index (Phi) is 4.02. The third-order valence-corrected chi connectivity index (χ3v) is 3.42. The predicted octanol–water partition coefficient (Wildman–Crippen LogP) is 2.43. The maximum atomic E-state index is 11.3. The van der Waals surface area contributed by atoms with E-state index in [-0.39, 0.29) is 0 Å². The Bertz CT molecular complexity index is 402. The molecule has 0 radical (unpaired) electrons. The molecule has 0 bridgehead atoms. The summed E-state index contributed by atoms with van der Waals surface area (Å²) in [5, 5.41) is 9.95. The molecule has 0 aromatic heterocycles. The van der Waals surface area contributed by atoms with Crippen molar-refractivity contribution < 1.29 is 9.90 Å². The van der Waals surface area contributed by atoms with Gasteiger partial charge in [0, 0.05) is 5.02 Å². The number of carbonyl (C=O) groups is 1. The summed E-state index contributed by atoms with van der Waals surface area (Å²) in [6.45, 7) is 1.77. The lowest BCUT2D eigenvalue weighted by atomic mass is 10.1. The van der Waals surface area contributed by atoms with Crippen molar-refractivity contribution >= 4 is 17.6 Å². The van der Waals surface area contributed by atoms with Crippen molar-refractivity contribution in [2.45, 2.75) is 25.3 Å². The zero-order valence-corrected chi connectivity index (χ0v) is 10.4. The number of carboxylic acid groups (broad SMARTS) is 1. The molecule has 17 heavy (non-hydrogen) atoms. The molecule has 92 valence electrons. The Morgan fingerprint density at radius 3 is 2.71 bits per heavy atom. The summed E-state index contributed by atoms with van der Waals surface area (Å²) < 4.78 is 0. The number of hydrogen-bond acceptors (Lipinski definition) is 2. The van der Waals surface area contributed by atoms with Crippen LogP contribution in [0.15, 0.2) is 24.3 Å². The Morgan fingerprint density at radius 1 is 1.41 bits per heavy atom. The zero-order chi connectivity index (χ0) is 12.3. The van der Waals surface area contributed by atoms with Gasteiger partial charge in [0.25, 0.3) is 0 Å². The van der Waals surface area contributed by atoms with Gasteiger partial charge in [-0.05, 0) is 50.0 Å². The first-order chi connectivity index (χ1) is 8.16. The molecule has 3 nitrogen and oxygen atoms in total. The van der Waals surface area contributed by atoms with Crippen molar-refractivity contribution in [3.63, 3.8) is 0 Å². The van der Waals surface area contributed by atoms with E-state index in [0.717, 1.165) is 31.5 Å². The molecule has 0 spiro atoms. The molecule has 2 rings (SSSR count). The largest absolute Gasteiger partial charge is 0.480 e. The number of halogens is 1. The highest BCUT2D eigenvalue weighted by atomic mass is 35.5. The number of likely N-dealkylation sites (tertiary alicyclic amines) is 1. The molecule has 1 aromatic carbocycles. The zero-order valence-electron chi connectivity index (χ0n) is 9.60. The van der Waals surface area contributed by atoms with Crippen LogP contribution in [0.4, 0.5) is 0 Å². The lowest BCUT2D eigenvalue weighted by Gasteiger charge is -2.23. The van der Waals surface area contributed by atoms with Gasteiger partial charge >= 0.3 is 5.97 Å². The van der Waals surface area contributed by atoms with E-state index in [4.69, 9.17) is 11.6 Å². The molecule has 0 unspecified atom stereocenters. The second kappa shape index (κ2) is 5.52. The van der Waals surface area contributed by atoms with Gasteiger partial charge in [-0.2, -0.15) is 0 Å². The molecule has 1 aliphatic rings. The standard InChI is InChI=1S/C13H16ClNO2/c14-11-5-3-4-10(8-11)9-12(13(16)17)15-6-1-2-7-15/h3-5,8,12H,1-2,6-7,9H2,(H,16,17)/t12-/m1/s1. The van der Waals surface area contributed by atoms with Gasteiger partial charge in [0.2, 0.25) is 0 Å². The monoisotopic (exact) mass is 253 g/mol. The van der Waals surface area contributed by atoms with E-state index >= 15 is 0 Å². The van der Waals surface area contributed by atoms with E-state index in [0.29, 0.717) is 11.4 Å². The molecule has 0 aliphatic carbocycles. The van der Waals surface area contributed by atoms with Crippen LogP contribution in [0.25, 0.3) is 0 Å². The van der Waals surface area contributed by atoms with Crippen molar-refractivity contribution in [1.82, 2.24) is 4.90 Å². The lowest BCUT2D eigenvalue weighted by Crippen LogP contribution is -2.40. The summed E-state index contributed by atoms with van der Waals surface area (Å²) in [4.78, 5) is 13.3. The van der Waals surface area contributed by atoms with E-state index in [2.05, 4.69) is 0 Å². The number of carboxylic acids is 1. The topological polar surface area (TPSA) is 40.5 Å². The van der Waals surface area contributed by atoms with Crippen LogP contribution in [-0.4, -0.2) is 35.1 Å². The summed E-state index contributed by atoms with van der Waals surface area (Å²) in [5.74, 6) is -0.744. The normalized spacial score (nSPS) is 18.2. The van der Waals surface area contributed by atoms with Crippen molar-refractivity contribution in [3.05, 3.63) is 34.9 Å². The van der Waals surface area contributed by atoms with E-state index in [1.54, 1.807) is 6.07 Å². The smallest absolute Gasteiger partial charge is 0.321 e. The van der Waals surface area contributed by atoms with Gasteiger partial charge in [-0.15, -0.1) is 0 Å². The van der Waals surface area contributed by atoms with Crippen LogP contribution < -0.4 is 0 Å². The molecule has 1 saturated heterocycles. The molecule has 1 heterocycles. The van der Waals surface area contributed by atoms with Crippen molar-refractivity contribution in [3.8, 4) is 0 Å². The molecule has 0 saturated carbocycles. The van der Waals surface area contributed by atoms with Crippen LogP contribution >= 0.6 is 11.6 Å². The molecule has 1 N–H and O–H groups in total. The van der Waals surface area contributed by atoms with Crippen LogP contribution in [0.3, 0.4) is 0 Å². The first-order valence-electron chi connectivity index (χ1n) is 5.88. The minimum Gasteiger partial charge on any atom is -0.480 e. The van der Waals surface area contributed by atoms with Gasteiger partial charge in [-0.3, -0.25) is 9.69 Å². The number of nitrogens with zero attached hydrogens (tertiary/aromatic N) is 1. The van der Waals surface area contributed by atoms with Crippen LogP contribution in [0.5, 0.6) is 0 Å². The summed E-state index contributed by atoms with van der Waals surface area (Å²) in [7, 11) is 0. The fourth-order valence-corrected chi connectivity index (χ4v) is 2.53. The van der Waals surface area contributed by atoms with Crippen LogP contribution in [0, 0.1) is 0 Å². The average Bonchev–Trinajstić information content (AvgIpc) is 2.78. The van der Waals surface area contributed by atoms with Crippen molar-refractivity contribution in [2.24, 2.45) is 0 Å². The molecule has 1 aromatic rings. The molecular weight excluding hydrogens is 238 g/mol. The summed E-state index contributed by atoms with van der Waals surface area (Å²) in [5.41, 5.74) is 0.983. The van der Waals surface area contributed by atoms with Crippen molar-refractivity contribution in [2.75, 3.05) is 13.1 Å². The Hall–Kier alpha value is -1.06. The van der Waals surface area contributed by atoms with Crippen molar-refractivity contribution in [1.29, 1.82) is 0 Å². The summed E-state index contributed by atoms with van der Waals surface area (Å²) >= 11 is 5.91. The Balaban J connectivity index is 2.09.